The van der Waals surface area contributed by atoms with E-state index in [1.54, 1.807) is 12.1 Å². The highest BCUT2D eigenvalue weighted by Gasteiger charge is 2.34. The van der Waals surface area contributed by atoms with Gasteiger partial charge in [-0.1, -0.05) is 6.07 Å². The van der Waals surface area contributed by atoms with Crippen LogP contribution in [0.5, 0.6) is 0 Å². The Labute approximate surface area is 128 Å². The summed E-state index contributed by atoms with van der Waals surface area (Å²) in [6.07, 6.45) is -2.66. The molecule has 5 nitrogen and oxygen atoms in total. The molecule has 120 valence electrons. The number of alkyl halides is 3. The van der Waals surface area contributed by atoms with Gasteiger partial charge in [-0.3, -0.25) is 9.59 Å². The monoisotopic (exact) mass is 323 g/mol. The quantitative estimate of drug-likeness (QED) is 0.912. The van der Waals surface area contributed by atoms with Gasteiger partial charge in [-0.15, -0.1) is 0 Å². The first-order chi connectivity index (χ1) is 10.8. The number of hydrogen-bond acceptors (Lipinski definition) is 3. The van der Waals surface area contributed by atoms with Crippen LogP contribution in [0.15, 0.2) is 35.1 Å². The summed E-state index contributed by atoms with van der Waals surface area (Å²) in [4.78, 5) is 29.7. The van der Waals surface area contributed by atoms with E-state index in [9.17, 15) is 22.8 Å². The van der Waals surface area contributed by atoms with Crippen molar-refractivity contribution in [2.24, 2.45) is 0 Å². The number of nitrogens with zero attached hydrogens (tertiary/aromatic N) is 1. The van der Waals surface area contributed by atoms with Crippen LogP contribution in [0.25, 0.3) is 0 Å². The van der Waals surface area contributed by atoms with Gasteiger partial charge in [0.05, 0.1) is 0 Å². The first-order valence-corrected chi connectivity index (χ1v) is 6.93. The smallest absolute Gasteiger partial charge is 0.317 e. The average Bonchev–Trinajstić information content (AvgIpc) is 3.30. The van der Waals surface area contributed by atoms with Gasteiger partial charge < -0.3 is 10.3 Å². The number of anilines is 1. The first kappa shape index (κ1) is 15.3. The largest absolute Gasteiger partial charge is 0.421 e. The number of amides is 1. The molecule has 1 fully saturated rings. The van der Waals surface area contributed by atoms with Gasteiger partial charge in [0.2, 0.25) is 0 Å². The van der Waals surface area contributed by atoms with E-state index in [4.69, 9.17) is 0 Å². The minimum Gasteiger partial charge on any atom is -0.317 e. The highest BCUT2D eigenvalue weighted by Crippen LogP contribution is 2.39. The van der Waals surface area contributed by atoms with Crippen LogP contribution in [-0.4, -0.2) is 15.9 Å². The molecule has 0 radical (unpaired) electrons. The van der Waals surface area contributed by atoms with Gasteiger partial charge in [0.15, 0.2) is 0 Å². The Balaban J connectivity index is 1.79. The average molecular weight is 323 g/mol. The Morgan fingerprint density at radius 2 is 1.96 bits per heavy atom. The van der Waals surface area contributed by atoms with Crippen LogP contribution in [-0.2, 0) is 6.18 Å². The fourth-order valence-electron chi connectivity index (χ4n) is 2.14. The number of aromatic amines is 1. The van der Waals surface area contributed by atoms with Crippen molar-refractivity contribution < 1.29 is 18.0 Å². The highest BCUT2D eigenvalue weighted by molar-refractivity contribution is 6.02. The number of hydrogen-bond donors (Lipinski definition) is 2. The molecule has 0 aliphatic heterocycles. The molecule has 3 rings (SSSR count). The van der Waals surface area contributed by atoms with Crippen molar-refractivity contribution in [3.05, 3.63) is 57.6 Å². The van der Waals surface area contributed by atoms with Crippen molar-refractivity contribution in [2.75, 3.05) is 5.32 Å². The Kier molecular flexibility index (Phi) is 3.67. The Morgan fingerprint density at radius 3 is 2.57 bits per heavy atom. The molecule has 1 aliphatic carbocycles. The van der Waals surface area contributed by atoms with Crippen LogP contribution < -0.4 is 10.9 Å². The Morgan fingerprint density at radius 1 is 1.22 bits per heavy atom. The highest BCUT2D eigenvalue weighted by atomic mass is 19.4. The molecular weight excluding hydrogens is 311 g/mol. The van der Waals surface area contributed by atoms with E-state index in [-0.39, 0.29) is 5.69 Å². The molecule has 1 saturated carbocycles. The number of H-pyrrole nitrogens is 1. The molecule has 2 aromatic rings. The van der Waals surface area contributed by atoms with Crippen LogP contribution in [0.4, 0.5) is 19.0 Å². The molecular formula is C15H12F3N3O2. The molecule has 0 unspecified atom stereocenters. The molecule has 0 saturated heterocycles. The Hall–Kier alpha value is -2.64. The van der Waals surface area contributed by atoms with Crippen molar-refractivity contribution in [3.8, 4) is 0 Å². The molecule has 0 bridgehead atoms. The second kappa shape index (κ2) is 5.53. The summed E-state index contributed by atoms with van der Waals surface area (Å²) in [5, 5.41) is 2.47. The maximum absolute atomic E-state index is 12.5. The van der Waals surface area contributed by atoms with Crippen molar-refractivity contribution in [1.29, 1.82) is 0 Å². The van der Waals surface area contributed by atoms with Crippen LogP contribution >= 0.6 is 0 Å². The second-order valence-electron chi connectivity index (χ2n) is 5.29. The fourth-order valence-corrected chi connectivity index (χ4v) is 2.14. The molecule has 2 aromatic heterocycles. The lowest BCUT2D eigenvalue weighted by atomic mass is 10.2. The van der Waals surface area contributed by atoms with Crippen LogP contribution in [0.2, 0.25) is 0 Å². The van der Waals surface area contributed by atoms with E-state index in [1.807, 2.05) is 11.1 Å². The SMILES string of the molecule is O=C(Nc1cccc(C2CC2)n1)c1ccc(C(F)(F)F)c(=O)[nH]1. The lowest BCUT2D eigenvalue weighted by Gasteiger charge is -2.08. The summed E-state index contributed by atoms with van der Waals surface area (Å²) in [6.45, 7) is 0. The third-order valence-electron chi connectivity index (χ3n) is 3.47. The van der Waals surface area contributed by atoms with E-state index in [0.717, 1.165) is 24.6 Å². The van der Waals surface area contributed by atoms with E-state index in [1.165, 1.54) is 0 Å². The zero-order chi connectivity index (χ0) is 16.6. The molecule has 1 aliphatic rings. The Bertz CT molecular complexity index is 810. The number of aromatic nitrogens is 2. The maximum atomic E-state index is 12.5. The number of carbonyl (C=O) groups is 1. The summed E-state index contributed by atoms with van der Waals surface area (Å²) in [5.41, 5.74) is -2.10. The number of rotatable bonds is 3. The van der Waals surface area contributed by atoms with Crippen LogP contribution in [0, 0.1) is 0 Å². The summed E-state index contributed by atoms with van der Waals surface area (Å²) >= 11 is 0. The topological polar surface area (TPSA) is 74.8 Å². The van der Waals surface area contributed by atoms with Gasteiger partial charge in [0.1, 0.15) is 17.1 Å². The predicted molar refractivity (Wildman–Crippen MR) is 76.2 cm³/mol. The molecule has 0 aromatic carbocycles. The molecule has 2 heterocycles. The maximum Gasteiger partial charge on any atom is 0.421 e. The van der Waals surface area contributed by atoms with E-state index >= 15 is 0 Å². The summed E-state index contributed by atoms with van der Waals surface area (Å²) in [7, 11) is 0. The molecule has 1 amide bonds. The van der Waals surface area contributed by atoms with Crippen molar-refractivity contribution in [3.63, 3.8) is 0 Å². The summed E-state index contributed by atoms with van der Waals surface area (Å²) < 4.78 is 37.6. The zero-order valence-corrected chi connectivity index (χ0v) is 11.8. The molecule has 0 spiro atoms. The summed E-state index contributed by atoms with van der Waals surface area (Å²) in [5.74, 6) is -0.0332. The van der Waals surface area contributed by atoms with Gasteiger partial charge in [0, 0.05) is 11.6 Å². The van der Waals surface area contributed by atoms with Crippen molar-refractivity contribution >= 4 is 11.7 Å². The number of halogens is 3. The minimum absolute atomic E-state index is 0.262. The molecule has 2 N–H and O–H groups in total. The molecule has 0 atom stereocenters. The number of pyridine rings is 2. The van der Waals surface area contributed by atoms with E-state index in [2.05, 4.69) is 10.3 Å². The van der Waals surface area contributed by atoms with Gasteiger partial charge in [-0.2, -0.15) is 13.2 Å². The summed E-state index contributed by atoms with van der Waals surface area (Å²) in [6, 6.07) is 6.68. The third kappa shape index (κ3) is 3.41. The second-order valence-corrected chi connectivity index (χ2v) is 5.29. The third-order valence-corrected chi connectivity index (χ3v) is 3.47. The molecule has 8 heteroatoms. The number of carbonyl (C=O) groups excluding carboxylic acids is 1. The first-order valence-electron chi connectivity index (χ1n) is 6.93. The van der Waals surface area contributed by atoms with Gasteiger partial charge in [-0.05, 0) is 37.1 Å². The number of nitrogens with one attached hydrogen (secondary N) is 2. The van der Waals surface area contributed by atoms with Gasteiger partial charge in [0.25, 0.3) is 11.5 Å². The lowest BCUT2D eigenvalue weighted by Crippen LogP contribution is -2.25. The van der Waals surface area contributed by atoms with Crippen molar-refractivity contribution in [2.45, 2.75) is 24.9 Å². The predicted octanol–water partition coefficient (Wildman–Crippen LogP) is 2.92. The van der Waals surface area contributed by atoms with E-state index in [0.29, 0.717) is 17.8 Å². The molecule has 23 heavy (non-hydrogen) atoms. The van der Waals surface area contributed by atoms with Gasteiger partial charge >= 0.3 is 6.18 Å². The van der Waals surface area contributed by atoms with Crippen molar-refractivity contribution in [1.82, 2.24) is 9.97 Å². The normalized spacial score (nSPS) is 14.6. The van der Waals surface area contributed by atoms with Crippen LogP contribution in [0.1, 0.15) is 40.5 Å². The lowest BCUT2D eigenvalue weighted by molar-refractivity contribution is -0.138. The van der Waals surface area contributed by atoms with Gasteiger partial charge in [-0.25, -0.2) is 4.98 Å². The standard InChI is InChI=1S/C15H12F3N3O2/c16-15(17,18)9-6-7-11(20-13(9)22)14(23)21-12-3-1-2-10(19-12)8-4-5-8/h1-3,6-8H,4-5H2,(H,20,22)(H,19,21,23). The fraction of sp³-hybridized carbons (Fsp3) is 0.267. The van der Waals surface area contributed by atoms with E-state index < -0.39 is 23.2 Å². The minimum atomic E-state index is -4.76. The zero-order valence-electron chi connectivity index (χ0n) is 11.8. The van der Waals surface area contributed by atoms with Crippen LogP contribution in [0.3, 0.4) is 0 Å².